The van der Waals surface area contributed by atoms with Gasteiger partial charge in [-0.25, -0.2) is 4.79 Å². The van der Waals surface area contributed by atoms with Crippen molar-refractivity contribution >= 4 is 12.0 Å². The van der Waals surface area contributed by atoms with E-state index < -0.39 is 0 Å². The Bertz CT molecular complexity index is 428. The van der Waals surface area contributed by atoms with Gasteiger partial charge < -0.3 is 15.0 Å². The summed E-state index contributed by atoms with van der Waals surface area (Å²) >= 11 is 0. The van der Waals surface area contributed by atoms with Crippen LogP contribution in [-0.2, 0) is 16.0 Å². The van der Waals surface area contributed by atoms with Gasteiger partial charge in [-0.1, -0.05) is 30.3 Å². The van der Waals surface area contributed by atoms with E-state index in [-0.39, 0.29) is 18.7 Å². The van der Waals surface area contributed by atoms with Gasteiger partial charge >= 0.3 is 6.09 Å². The van der Waals surface area contributed by atoms with Crippen LogP contribution in [0.5, 0.6) is 0 Å². The van der Waals surface area contributed by atoms with Crippen LogP contribution in [0.2, 0.25) is 0 Å². The number of hydrogen-bond acceptors (Lipinski definition) is 3. The Labute approximate surface area is 112 Å². The summed E-state index contributed by atoms with van der Waals surface area (Å²) in [5.41, 5.74) is 0.936. The first-order valence-electron chi connectivity index (χ1n) is 6.48. The predicted octanol–water partition coefficient (Wildman–Crippen LogP) is 1.54. The molecule has 19 heavy (non-hydrogen) atoms. The summed E-state index contributed by atoms with van der Waals surface area (Å²) < 4.78 is 4.99. The first-order valence-corrected chi connectivity index (χ1v) is 6.48. The minimum absolute atomic E-state index is 0.0685. The van der Waals surface area contributed by atoms with E-state index in [1.54, 1.807) is 4.90 Å². The van der Waals surface area contributed by atoms with Crippen LogP contribution in [0.1, 0.15) is 18.4 Å². The maximum absolute atomic E-state index is 11.6. The van der Waals surface area contributed by atoms with Crippen LogP contribution < -0.4 is 5.32 Å². The molecule has 0 unspecified atom stereocenters. The number of ether oxygens (including phenoxy) is 1. The van der Waals surface area contributed by atoms with Crippen molar-refractivity contribution < 1.29 is 14.3 Å². The Hall–Kier alpha value is -2.04. The summed E-state index contributed by atoms with van der Waals surface area (Å²) in [7, 11) is 0. The summed E-state index contributed by atoms with van der Waals surface area (Å²) in [5, 5.41) is 2.58. The number of carbonyl (C=O) groups is 2. The Morgan fingerprint density at radius 2 is 1.84 bits per heavy atom. The molecule has 0 spiro atoms. The van der Waals surface area contributed by atoms with Crippen LogP contribution in [0.3, 0.4) is 0 Å². The molecule has 1 N–H and O–H groups in total. The van der Waals surface area contributed by atoms with Crippen LogP contribution in [0.4, 0.5) is 4.79 Å². The third-order valence-electron chi connectivity index (χ3n) is 3.04. The highest BCUT2D eigenvalue weighted by atomic mass is 16.6. The van der Waals surface area contributed by atoms with Crippen molar-refractivity contribution in [2.45, 2.75) is 19.3 Å². The Morgan fingerprint density at radius 3 is 2.53 bits per heavy atom. The molecule has 0 atom stereocenters. The van der Waals surface area contributed by atoms with Gasteiger partial charge in [-0.2, -0.15) is 0 Å². The van der Waals surface area contributed by atoms with Crippen LogP contribution in [-0.4, -0.2) is 36.7 Å². The lowest BCUT2D eigenvalue weighted by molar-refractivity contribution is -0.121. The molecular formula is C14H18N2O3. The molecule has 0 aliphatic carbocycles. The zero-order valence-electron chi connectivity index (χ0n) is 10.8. The Morgan fingerprint density at radius 1 is 1.16 bits per heavy atom. The molecular weight excluding hydrogens is 244 g/mol. The van der Waals surface area contributed by atoms with E-state index in [1.807, 2.05) is 30.3 Å². The van der Waals surface area contributed by atoms with Crippen molar-refractivity contribution in [3.63, 3.8) is 0 Å². The number of hydrogen-bond donors (Lipinski definition) is 1. The zero-order chi connectivity index (χ0) is 13.5. The quantitative estimate of drug-likeness (QED) is 0.837. The normalized spacial score (nSPS) is 14.2. The highest BCUT2D eigenvalue weighted by Crippen LogP contribution is 2.08. The number of rotatable bonds is 4. The van der Waals surface area contributed by atoms with Gasteiger partial charge in [0.15, 0.2) is 6.73 Å². The number of carbonyl (C=O) groups excluding carboxylic acids is 2. The van der Waals surface area contributed by atoms with Crippen molar-refractivity contribution in [2.75, 3.05) is 19.8 Å². The summed E-state index contributed by atoms with van der Waals surface area (Å²) in [6.45, 7) is 1.43. The SMILES string of the molecule is O=C(Cc1ccccc1)NCOC(=O)N1CCCC1. The molecule has 1 aliphatic rings. The molecule has 1 aromatic rings. The molecule has 5 nitrogen and oxygen atoms in total. The van der Waals surface area contributed by atoms with Crippen LogP contribution >= 0.6 is 0 Å². The van der Waals surface area contributed by atoms with Crippen molar-refractivity contribution in [1.29, 1.82) is 0 Å². The fourth-order valence-electron chi connectivity index (χ4n) is 2.01. The summed E-state index contributed by atoms with van der Waals surface area (Å²) in [4.78, 5) is 24.8. The smallest absolute Gasteiger partial charge is 0.411 e. The van der Waals surface area contributed by atoms with Gasteiger partial charge in [-0.15, -0.1) is 0 Å². The number of likely N-dealkylation sites (tertiary alicyclic amines) is 1. The second-order valence-corrected chi connectivity index (χ2v) is 4.51. The van der Waals surface area contributed by atoms with Crippen molar-refractivity contribution in [2.24, 2.45) is 0 Å². The van der Waals surface area contributed by atoms with Gasteiger partial charge in [0, 0.05) is 13.1 Å². The highest BCUT2D eigenvalue weighted by Gasteiger charge is 2.18. The Kier molecular flexibility index (Phi) is 4.78. The third kappa shape index (κ3) is 4.28. The standard InChI is InChI=1S/C14H18N2O3/c17-13(10-12-6-2-1-3-7-12)15-11-19-14(18)16-8-4-5-9-16/h1-3,6-7H,4-5,8-11H2,(H,15,17). The second kappa shape index (κ2) is 6.78. The second-order valence-electron chi connectivity index (χ2n) is 4.51. The van der Waals surface area contributed by atoms with Gasteiger partial charge in [0.1, 0.15) is 0 Å². The molecule has 2 amide bonds. The first kappa shape index (κ1) is 13.4. The molecule has 1 saturated heterocycles. The minimum atomic E-state index is -0.350. The van der Waals surface area contributed by atoms with Crippen LogP contribution in [0, 0.1) is 0 Å². The monoisotopic (exact) mass is 262 g/mol. The molecule has 1 aliphatic heterocycles. The average molecular weight is 262 g/mol. The molecule has 0 aromatic heterocycles. The fraction of sp³-hybridized carbons (Fsp3) is 0.429. The lowest BCUT2D eigenvalue weighted by Crippen LogP contribution is -2.34. The molecule has 1 heterocycles. The van der Waals surface area contributed by atoms with Crippen LogP contribution in [0.25, 0.3) is 0 Å². The molecule has 102 valence electrons. The predicted molar refractivity (Wildman–Crippen MR) is 70.4 cm³/mol. The molecule has 1 aromatic carbocycles. The number of nitrogens with one attached hydrogen (secondary N) is 1. The topological polar surface area (TPSA) is 58.6 Å². The number of amides is 2. The van der Waals surface area contributed by atoms with Gasteiger partial charge in [-0.05, 0) is 18.4 Å². The third-order valence-corrected chi connectivity index (χ3v) is 3.04. The molecule has 0 saturated carbocycles. The van der Waals surface area contributed by atoms with E-state index in [0.29, 0.717) is 6.42 Å². The van der Waals surface area contributed by atoms with Gasteiger partial charge in [0.05, 0.1) is 6.42 Å². The maximum atomic E-state index is 11.6. The van der Waals surface area contributed by atoms with E-state index in [4.69, 9.17) is 4.74 Å². The van der Waals surface area contributed by atoms with E-state index in [1.165, 1.54) is 0 Å². The molecule has 0 radical (unpaired) electrons. The first-order chi connectivity index (χ1) is 9.25. The largest absolute Gasteiger partial charge is 0.428 e. The summed E-state index contributed by atoms with van der Waals surface area (Å²) in [6.07, 6.45) is 1.99. The van der Waals surface area contributed by atoms with E-state index in [2.05, 4.69) is 5.32 Å². The lowest BCUT2D eigenvalue weighted by Gasteiger charge is -2.15. The highest BCUT2D eigenvalue weighted by molar-refractivity contribution is 5.78. The summed E-state index contributed by atoms with van der Waals surface area (Å²) in [6, 6.07) is 9.44. The van der Waals surface area contributed by atoms with E-state index in [9.17, 15) is 9.59 Å². The molecule has 2 rings (SSSR count). The number of benzene rings is 1. The Balaban J connectivity index is 1.65. The average Bonchev–Trinajstić information content (AvgIpc) is 2.93. The van der Waals surface area contributed by atoms with E-state index in [0.717, 1.165) is 31.5 Å². The maximum Gasteiger partial charge on any atom is 0.411 e. The lowest BCUT2D eigenvalue weighted by atomic mass is 10.1. The van der Waals surface area contributed by atoms with Gasteiger partial charge in [0.2, 0.25) is 5.91 Å². The minimum Gasteiger partial charge on any atom is -0.428 e. The molecule has 1 fully saturated rings. The van der Waals surface area contributed by atoms with Crippen molar-refractivity contribution in [3.8, 4) is 0 Å². The van der Waals surface area contributed by atoms with Crippen LogP contribution in [0.15, 0.2) is 30.3 Å². The fourth-order valence-corrected chi connectivity index (χ4v) is 2.01. The van der Waals surface area contributed by atoms with Gasteiger partial charge in [0.25, 0.3) is 0 Å². The number of nitrogens with zero attached hydrogens (tertiary/aromatic N) is 1. The van der Waals surface area contributed by atoms with E-state index >= 15 is 0 Å². The van der Waals surface area contributed by atoms with Crippen molar-refractivity contribution in [1.82, 2.24) is 10.2 Å². The van der Waals surface area contributed by atoms with Crippen molar-refractivity contribution in [3.05, 3.63) is 35.9 Å². The van der Waals surface area contributed by atoms with Gasteiger partial charge in [-0.3, -0.25) is 4.79 Å². The molecule has 5 heteroatoms. The molecule has 0 bridgehead atoms. The summed E-state index contributed by atoms with van der Waals surface area (Å²) in [5.74, 6) is -0.152. The zero-order valence-corrected chi connectivity index (χ0v) is 10.8.